The Labute approximate surface area is 326 Å². The van der Waals surface area contributed by atoms with E-state index >= 15 is 0 Å². The maximum Gasteiger partial charge on any atom is 0.270 e. The maximum absolute atomic E-state index is 13.3. The van der Waals surface area contributed by atoms with Crippen molar-refractivity contribution >= 4 is 40.3 Å². The molecule has 15 nitrogen and oxygen atoms in total. The number of rotatable bonds is 8. The lowest BCUT2D eigenvalue weighted by molar-refractivity contribution is -0.137. The summed E-state index contributed by atoms with van der Waals surface area (Å²) in [4.78, 5) is 84.7. The van der Waals surface area contributed by atoms with Crippen LogP contribution in [0.15, 0.2) is 77.6 Å². The van der Waals surface area contributed by atoms with Gasteiger partial charge in [-0.15, -0.1) is 0 Å². The number of nitrogens with one attached hydrogen (secondary N) is 2. The van der Waals surface area contributed by atoms with Crippen molar-refractivity contribution in [3.05, 3.63) is 107 Å². The number of pyridine rings is 2. The normalized spacial score (nSPS) is 16.5. The number of oxazole rings is 1. The lowest BCUT2D eigenvalue weighted by atomic mass is 10.0. The minimum absolute atomic E-state index is 0.000328. The van der Waals surface area contributed by atoms with E-state index in [9.17, 15) is 24.0 Å². The number of fused-ring (bicyclic) bond motifs is 3. The number of carbonyl (C=O) groups excluding carboxylic acids is 5. The van der Waals surface area contributed by atoms with Gasteiger partial charge in [0.15, 0.2) is 5.76 Å². The molecule has 0 radical (unpaired) electrons. The number of nitrogens with zero attached hydrogens (tertiary/aromatic N) is 7. The van der Waals surface area contributed by atoms with Gasteiger partial charge in [-0.1, -0.05) is 37.3 Å². The van der Waals surface area contributed by atoms with Crippen LogP contribution < -0.4 is 10.6 Å². The highest BCUT2D eigenvalue weighted by Gasteiger charge is 2.40. The molecule has 7 heterocycles. The van der Waals surface area contributed by atoms with Crippen LogP contribution in [0.5, 0.6) is 0 Å². The number of carbonyl (C=O) groups is 5. The quantitative estimate of drug-likeness (QED) is 0.210. The first kappa shape index (κ1) is 35.7. The van der Waals surface area contributed by atoms with E-state index in [1.54, 1.807) is 37.4 Å². The first-order valence-electron chi connectivity index (χ1n) is 18.9. The molecule has 57 heavy (non-hydrogen) atoms. The molecule has 2 aromatic carbocycles. The Morgan fingerprint density at radius 2 is 1.75 bits per heavy atom. The molecule has 2 N–H and O–H groups in total. The van der Waals surface area contributed by atoms with E-state index in [-0.39, 0.29) is 55.2 Å². The van der Waals surface area contributed by atoms with E-state index in [0.717, 1.165) is 52.1 Å². The third-order valence-electron chi connectivity index (χ3n) is 11.0. The first-order valence-corrected chi connectivity index (χ1v) is 18.9. The van der Waals surface area contributed by atoms with Crippen LogP contribution in [0.25, 0.3) is 44.6 Å². The van der Waals surface area contributed by atoms with Gasteiger partial charge in [-0.3, -0.25) is 39.3 Å². The summed E-state index contributed by atoms with van der Waals surface area (Å²) in [6.07, 6.45) is 6.21. The Morgan fingerprint density at radius 1 is 0.930 bits per heavy atom. The maximum atomic E-state index is 13.3. The minimum atomic E-state index is -0.730. The molecule has 1 fully saturated rings. The Hall–Kier alpha value is -7.03. The smallest absolute Gasteiger partial charge is 0.270 e. The number of benzene rings is 2. The average molecular weight is 764 g/mol. The van der Waals surface area contributed by atoms with E-state index in [2.05, 4.69) is 32.1 Å². The summed E-state index contributed by atoms with van der Waals surface area (Å²) in [5.41, 5.74) is 6.33. The Balaban J connectivity index is 0.876. The number of aromatic nitrogens is 5. The summed E-state index contributed by atoms with van der Waals surface area (Å²) >= 11 is 0. The summed E-state index contributed by atoms with van der Waals surface area (Å²) in [5, 5.41) is 7.04. The standard InChI is InChI=1S/C42H37N9O6/c1-3-36-47-39(34-22-49(23(2)52)14-15-50(34)36)27-8-4-6-24-16-32(44-18-29(24)27)25-10-11-31(43-17-25)40(54)46-20-38-45-19-35(57-38)26-7-5-9-28-30(26)21-51(42(28)56)33-12-13-37(53)48-41(33)55/h4-11,16-19,33H,3,12-15,20-22H2,1-2H3,(H,46,54)(H,48,53,55). The molecular formula is C42H37N9O6. The van der Waals surface area contributed by atoms with Crippen LogP contribution in [0.2, 0.25) is 0 Å². The van der Waals surface area contributed by atoms with Gasteiger partial charge in [0.2, 0.25) is 23.6 Å². The first-order chi connectivity index (χ1) is 27.7. The molecule has 1 unspecified atom stereocenters. The third kappa shape index (κ3) is 6.40. The van der Waals surface area contributed by atoms with Gasteiger partial charge in [-0.2, -0.15) is 0 Å². The summed E-state index contributed by atoms with van der Waals surface area (Å²) in [6.45, 7) is 5.78. The van der Waals surface area contributed by atoms with Crippen LogP contribution >= 0.6 is 0 Å². The van der Waals surface area contributed by atoms with E-state index in [0.29, 0.717) is 41.2 Å². The largest absolute Gasteiger partial charge is 0.439 e. The third-order valence-corrected chi connectivity index (χ3v) is 11.0. The van der Waals surface area contributed by atoms with Gasteiger partial charge >= 0.3 is 0 Å². The number of amides is 5. The van der Waals surface area contributed by atoms with Crippen molar-refractivity contribution in [2.45, 2.75) is 65.3 Å². The van der Waals surface area contributed by atoms with E-state index < -0.39 is 17.9 Å². The molecule has 0 spiro atoms. The zero-order valence-corrected chi connectivity index (χ0v) is 31.2. The van der Waals surface area contributed by atoms with Gasteiger partial charge in [0, 0.05) is 79.4 Å². The van der Waals surface area contributed by atoms with Gasteiger partial charge in [0.1, 0.15) is 17.6 Å². The monoisotopic (exact) mass is 763 g/mol. The molecule has 5 amide bonds. The Bertz CT molecular complexity index is 2650. The zero-order chi connectivity index (χ0) is 39.4. The fraction of sp³-hybridized carbons (Fsp3) is 0.262. The van der Waals surface area contributed by atoms with Gasteiger partial charge in [-0.25, -0.2) is 9.97 Å². The van der Waals surface area contributed by atoms with E-state index in [1.165, 1.54) is 11.1 Å². The molecule has 1 atom stereocenters. The molecule has 15 heteroatoms. The molecule has 4 aromatic heterocycles. The van der Waals surface area contributed by atoms with Gasteiger partial charge in [0.05, 0.1) is 36.4 Å². The predicted molar refractivity (Wildman–Crippen MR) is 206 cm³/mol. The van der Waals surface area contributed by atoms with Crippen LogP contribution in [0.4, 0.5) is 0 Å². The molecule has 3 aliphatic rings. The molecule has 9 rings (SSSR count). The molecular weight excluding hydrogens is 727 g/mol. The number of imidazole rings is 1. The summed E-state index contributed by atoms with van der Waals surface area (Å²) < 4.78 is 8.24. The molecule has 3 aliphatic heterocycles. The van der Waals surface area contributed by atoms with E-state index in [4.69, 9.17) is 14.4 Å². The van der Waals surface area contributed by atoms with Gasteiger partial charge < -0.3 is 24.1 Å². The number of imide groups is 1. The van der Waals surface area contributed by atoms with Crippen LogP contribution in [-0.4, -0.2) is 76.4 Å². The second-order valence-corrected chi connectivity index (χ2v) is 14.3. The number of aryl methyl sites for hydroxylation is 1. The van der Waals surface area contributed by atoms with Crippen molar-refractivity contribution in [1.29, 1.82) is 0 Å². The average Bonchev–Trinajstić information content (AvgIpc) is 3.95. The predicted octanol–water partition coefficient (Wildman–Crippen LogP) is 4.43. The highest BCUT2D eigenvalue weighted by atomic mass is 16.4. The molecule has 286 valence electrons. The Kier molecular flexibility index (Phi) is 8.91. The highest BCUT2D eigenvalue weighted by Crippen LogP contribution is 2.36. The fourth-order valence-corrected chi connectivity index (χ4v) is 7.99. The zero-order valence-electron chi connectivity index (χ0n) is 31.2. The topological polar surface area (TPSA) is 186 Å². The Morgan fingerprint density at radius 3 is 2.54 bits per heavy atom. The van der Waals surface area contributed by atoms with Crippen molar-refractivity contribution in [3.8, 4) is 33.8 Å². The summed E-state index contributed by atoms with van der Waals surface area (Å²) in [5.74, 6) is 0.210. The minimum Gasteiger partial charge on any atom is -0.439 e. The highest BCUT2D eigenvalue weighted by molar-refractivity contribution is 6.06. The molecule has 6 aromatic rings. The number of piperidine rings is 1. The van der Waals surface area contributed by atoms with Crippen LogP contribution in [0.1, 0.15) is 70.5 Å². The van der Waals surface area contributed by atoms with Gasteiger partial charge in [0.25, 0.3) is 11.8 Å². The lowest BCUT2D eigenvalue weighted by Gasteiger charge is -2.29. The molecule has 0 saturated carbocycles. The van der Waals surface area contributed by atoms with Crippen molar-refractivity contribution in [2.24, 2.45) is 0 Å². The second-order valence-electron chi connectivity index (χ2n) is 14.3. The van der Waals surface area contributed by atoms with Crippen LogP contribution in [0.3, 0.4) is 0 Å². The summed E-state index contributed by atoms with van der Waals surface area (Å²) in [7, 11) is 0. The summed E-state index contributed by atoms with van der Waals surface area (Å²) in [6, 6.07) is 16.0. The van der Waals surface area contributed by atoms with Crippen molar-refractivity contribution in [1.82, 2.24) is 44.9 Å². The lowest BCUT2D eigenvalue weighted by Crippen LogP contribution is -2.52. The molecule has 0 bridgehead atoms. The van der Waals surface area contributed by atoms with Crippen molar-refractivity contribution in [2.75, 3.05) is 6.54 Å². The van der Waals surface area contributed by atoms with Crippen LogP contribution in [-0.2, 0) is 47.0 Å². The number of hydrogen-bond donors (Lipinski definition) is 2. The van der Waals surface area contributed by atoms with Crippen molar-refractivity contribution < 1.29 is 28.4 Å². The van der Waals surface area contributed by atoms with Gasteiger partial charge in [-0.05, 0) is 41.6 Å². The fourth-order valence-electron chi connectivity index (χ4n) is 7.99. The molecule has 1 saturated heterocycles. The second kappa shape index (κ2) is 14.2. The van der Waals surface area contributed by atoms with Crippen molar-refractivity contribution in [3.63, 3.8) is 0 Å². The van der Waals surface area contributed by atoms with E-state index in [1.807, 2.05) is 41.4 Å². The SMILES string of the molecule is CCc1nc(-c2cccc3cc(-c4ccc(C(=O)NCc5ncc(-c6cccc7c6CN(C6CCC(=O)NC6=O)C7=O)o5)nc4)ncc23)c2n1CCN(C(C)=O)C2. The van der Waals surface area contributed by atoms with Crippen LogP contribution in [0, 0.1) is 0 Å². The number of hydrogen-bond acceptors (Lipinski definition) is 10. The molecule has 0 aliphatic carbocycles.